The molecule has 0 aliphatic heterocycles. The molecule has 6 heteroatoms. The van der Waals surface area contributed by atoms with Crippen molar-refractivity contribution >= 4 is 23.3 Å². The quantitative estimate of drug-likeness (QED) is 0.725. The normalized spacial score (nSPS) is 16.0. The second-order valence-corrected chi connectivity index (χ2v) is 6.63. The SMILES string of the molecule is O=C(O)C1(C(=O)N(c2cccc(O)c2)c2cccc(O)c2)CCCCC1. The van der Waals surface area contributed by atoms with Crippen molar-refractivity contribution in [2.24, 2.45) is 5.41 Å². The highest BCUT2D eigenvalue weighted by atomic mass is 16.4. The Morgan fingerprint density at radius 1 is 0.846 bits per heavy atom. The van der Waals surface area contributed by atoms with Crippen LogP contribution in [0.2, 0.25) is 0 Å². The zero-order chi connectivity index (χ0) is 18.7. The van der Waals surface area contributed by atoms with Gasteiger partial charge in [-0.2, -0.15) is 0 Å². The van der Waals surface area contributed by atoms with Crippen molar-refractivity contribution < 1.29 is 24.9 Å². The van der Waals surface area contributed by atoms with Crippen LogP contribution in [0.3, 0.4) is 0 Å². The number of carbonyl (C=O) groups excluding carboxylic acids is 1. The minimum Gasteiger partial charge on any atom is -0.508 e. The molecule has 0 unspecified atom stereocenters. The monoisotopic (exact) mass is 355 g/mol. The Morgan fingerprint density at radius 3 is 1.77 bits per heavy atom. The van der Waals surface area contributed by atoms with Crippen LogP contribution in [-0.4, -0.2) is 27.2 Å². The first-order valence-electron chi connectivity index (χ1n) is 8.60. The van der Waals surface area contributed by atoms with Gasteiger partial charge in [0.15, 0.2) is 0 Å². The molecule has 1 saturated carbocycles. The van der Waals surface area contributed by atoms with E-state index in [-0.39, 0.29) is 24.3 Å². The van der Waals surface area contributed by atoms with Crippen LogP contribution >= 0.6 is 0 Å². The number of carboxylic acid groups (broad SMARTS) is 1. The second kappa shape index (κ2) is 7.07. The van der Waals surface area contributed by atoms with Gasteiger partial charge in [-0.15, -0.1) is 0 Å². The summed E-state index contributed by atoms with van der Waals surface area (Å²) in [6, 6.07) is 12.2. The summed E-state index contributed by atoms with van der Waals surface area (Å²) in [6.45, 7) is 0. The summed E-state index contributed by atoms with van der Waals surface area (Å²) in [5.41, 5.74) is -0.798. The molecule has 0 aromatic heterocycles. The summed E-state index contributed by atoms with van der Waals surface area (Å²) in [6.07, 6.45) is 2.79. The number of phenols is 2. The third kappa shape index (κ3) is 3.22. The van der Waals surface area contributed by atoms with Gasteiger partial charge in [0.1, 0.15) is 16.9 Å². The summed E-state index contributed by atoms with van der Waals surface area (Å²) in [7, 11) is 0. The molecule has 2 aromatic carbocycles. The Bertz CT molecular complexity index is 781. The van der Waals surface area contributed by atoms with Crippen LogP contribution in [0.25, 0.3) is 0 Å². The molecule has 0 saturated heterocycles. The molecule has 1 fully saturated rings. The topological polar surface area (TPSA) is 98.1 Å². The highest BCUT2D eigenvalue weighted by molar-refractivity contribution is 6.13. The number of aromatic hydroxyl groups is 2. The maximum absolute atomic E-state index is 13.5. The molecule has 0 radical (unpaired) electrons. The molecule has 0 spiro atoms. The van der Waals surface area contributed by atoms with Crippen molar-refractivity contribution in [2.75, 3.05) is 4.90 Å². The van der Waals surface area contributed by atoms with Crippen LogP contribution in [0.5, 0.6) is 11.5 Å². The van der Waals surface area contributed by atoms with Gasteiger partial charge < -0.3 is 15.3 Å². The van der Waals surface area contributed by atoms with E-state index in [2.05, 4.69) is 0 Å². The fourth-order valence-corrected chi connectivity index (χ4v) is 3.54. The standard InChI is InChI=1S/C20H21NO5/c22-16-8-4-6-14(12-16)21(15-7-5-9-17(23)13-15)18(24)20(19(25)26)10-2-1-3-11-20/h4-9,12-13,22-23H,1-3,10-11H2,(H,25,26). The lowest BCUT2D eigenvalue weighted by molar-refractivity contribution is -0.156. The lowest BCUT2D eigenvalue weighted by Gasteiger charge is -2.36. The number of phenolic OH excluding ortho intramolecular Hbond substituents is 2. The van der Waals surface area contributed by atoms with Gasteiger partial charge in [0.05, 0.1) is 11.4 Å². The van der Waals surface area contributed by atoms with E-state index in [0.717, 1.165) is 6.42 Å². The largest absolute Gasteiger partial charge is 0.508 e. The number of rotatable bonds is 4. The summed E-state index contributed by atoms with van der Waals surface area (Å²) < 4.78 is 0. The first kappa shape index (κ1) is 17.8. The van der Waals surface area contributed by atoms with Crippen molar-refractivity contribution in [2.45, 2.75) is 32.1 Å². The van der Waals surface area contributed by atoms with E-state index in [1.54, 1.807) is 24.3 Å². The Labute approximate surface area is 151 Å². The molecule has 1 aliphatic rings. The Morgan fingerprint density at radius 2 is 1.35 bits per heavy atom. The lowest BCUT2D eigenvalue weighted by atomic mass is 9.73. The average Bonchev–Trinajstić information content (AvgIpc) is 2.62. The molecule has 3 N–H and O–H groups in total. The summed E-state index contributed by atoms with van der Waals surface area (Å²) >= 11 is 0. The van der Waals surface area contributed by atoms with Gasteiger partial charge in [-0.25, -0.2) is 0 Å². The molecule has 6 nitrogen and oxygen atoms in total. The first-order valence-corrected chi connectivity index (χ1v) is 8.60. The van der Waals surface area contributed by atoms with Gasteiger partial charge in [-0.3, -0.25) is 14.5 Å². The van der Waals surface area contributed by atoms with Crippen molar-refractivity contribution in [1.82, 2.24) is 0 Å². The van der Waals surface area contributed by atoms with Gasteiger partial charge in [0.2, 0.25) is 5.91 Å². The van der Waals surface area contributed by atoms with E-state index < -0.39 is 17.3 Å². The van der Waals surface area contributed by atoms with Crippen LogP contribution in [0, 0.1) is 5.41 Å². The molecule has 1 aliphatic carbocycles. The zero-order valence-electron chi connectivity index (χ0n) is 14.3. The van der Waals surface area contributed by atoms with Gasteiger partial charge in [0.25, 0.3) is 0 Å². The second-order valence-electron chi connectivity index (χ2n) is 6.63. The molecule has 2 aromatic rings. The molecule has 136 valence electrons. The minimum atomic E-state index is -1.50. The van der Waals surface area contributed by atoms with Crippen LogP contribution in [-0.2, 0) is 9.59 Å². The fraction of sp³-hybridized carbons (Fsp3) is 0.300. The van der Waals surface area contributed by atoms with Crippen molar-refractivity contribution in [3.8, 4) is 11.5 Å². The third-order valence-electron chi connectivity index (χ3n) is 4.90. The third-order valence-corrected chi connectivity index (χ3v) is 4.90. The Kier molecular flexibility index (Phi) is 4.84. The van der Waals surface area contributed by atoms with Crippen LogP contribution in [0.4, 0.5) is 11.4 Å². The average molecular weight is 355 g/mol. The molecule has 0 atom stereocenters. The number of hydrogen-bond donors (Lipinski definition) is 3. The smallest absolute Gasteiger partial charge is 0.319 e. The van der Waals surface area contributed by atoms with Gasteiger partial charge in [-0.05, 0) is 37.1 Å². The lowest BCUT2D eigenvalue weighted by Crippen LogP contribution is -2.48. The maximum atomic E-state index is 13.5. The highest BCUT2D eigenvalue weighted by Gasteiger charge is 2.49. The molecule has 0 heterocycles. The van der Waals surface area contributed by atoms with Gasteiger partial charge >= 0.3 is 5.97 Å². The van der Waals surface area contributed by atoms with Gasteiger partial charge in [0, 0.05) is 12.1 Å². The first-order chi connectivity index (χ1) is 12.4. The van der Waals surface area contributed by atoms with E-state index in [0.29, 0.717) is 24.2 Å². The number of hydrogen-bond acceptors (Lipinski definition) is 4. The molecular formula is C20H21NO5. The van der Waals surface area contributed by atoms with E-state index in [1.807, 2.05) is 0 Å². The summed E-state index contributed by atoms with van der Waals surface area (Å²) in [4.78, 5) is 26.8. The predicted molar refractivity (Wildman–Crippen MR) is 96.5 cm³/mol. The molecule has 0 bridgehead atoms. The Balaban J connectivity index is 2.13. The maximum Gasteiger partial charge on any atom is 0.319 e. The Hall–Kier alpha value is -3.02. The van der Waals surface area contributed by atoms with E-state index in [1.165, 1.54) is 29.2 Å². The number of carbonyl (C=O) groups is 2. The number of carboxylic acids is 1. The van der Waals surface area contributed by atoms with Crippen molar-refractivity contribution in [3.63, 3.8) is 0 Å². The van der Waals surface area contributed by atoms with Crippen LogP contribution in [0.1, 0.15) is 32.1 Å². The summed E-state index contributed by atoms with van der Waals surface area (Å²) in [5, 5.41) is 29.5. The highest BCUT2D eigenvalue weighted by Crippen LogP contribution is 2.42. The molecular weight excluding hydrogens is 334 g/mol. The molecule has 26 heavy (non-hydrogen) atoms. The molecule has 3 rings (SSSR count). The number of benzene rings is 2. The van der Waals surface area contributed by atoms with Crippen molar-refractivity contribution in [1.29, 1.82) is 0 Å². The predicted octanol–water partition coefficient (Wildman–Crippen LogP) is 3.80. The van der Waals surface area contributed by atoms with E-state index >= 15 is 0 Å². The molecule has 1 amide bonds. The minimum absolute atomic E-state index is 0.0338. The fourth-order valence-electron chi connectivity index (χ4n) is 3.54. The number of aliphatic carboxylic acids is 1. The van der Waals surface area contributed by atoms with E-state index in [4.69, 9.17) is 0 Å². The van der Waals surface area contributed by atoms with Crippen molar-refractivity contribution in [3.05, 3.63) is 48.5 Å². The van der Waals surface area contributed by atoms with E-state index in [9.17, 15) is 24.9 Å². The number of amides is 1. The number of nitrogens with zero attached hydrogens (tertiary/aromatic N) is 1. The zero-order valence-corrected chi connectivity index (χ0v) is 14.3. The summed E-state index contributed by atoms with van der Waals surface area (Å²) in [5.74, 6) is -1.75. The van der Waals surface area contributed by atoms with Gasteiger partial charge in [-0.1, -0.05) is 31.4 Å². The van der Waals surface area contributed by atoms with Crippen LogP contribution < -0.4 is 4.90 Å². The number of anilines is 2. The van der Waals surface area contributed by atoms with Crippen LogP contribution in [0.15, 0.2) is 48.5 Å².